The van der Waals surface area contributed by atoms with Crippen LogP contribution < -0.4 is 24.8 Å². The summed E-state index contributed by atoms with van der Waals surface area (Å²) < 4.78 is 0. The van der Waals surface area contributed by atoms with Crippen molar-refractivity contribution in [1.82, 2.24) is 0 Å². The summed E-state index contributed by atoms with van der Waals surface area (Å²) in [4.78, 5) is 0. The van der Waals surface area contributed by atoms with Gasteiger partial charge in [-0.2, -0.15) is 12.1 Å². The van der Waals surface area contributed by atoms with E-state index in [9.17, 15) is 0 Å². The third kappa shape index (κ3) is 8.20. The van der Waals surface area contributed by atoms with Gasteiger partial charge in [0.1, 0.15) is 0 Å². The van der Waals surface area contributed by atoms with Gasteiger partial charge in [0.25, 0.3) is 0 Å². The van der Waals surface area contributed by atoms with Crippen LogP contribution in [0.4, 0.5) is 0 Å². The molecule has 33 heavy (non-hydrogen) atoms. The van der Waals surface area contributed by atoms with Crippen LogP contribution in [-0.2, 0) is 23.0 Å². The number of benzene rings is 2. The zero-order chi connectivity index (χ0) is 22.5. The fourth-order valence-corrected chi connectivity index (χ4v) is 8.70. The molecule has 0 saturated carbocycles. The number of rotatable bonds is 2. The first-order valence-electron chi connectivity index (χ1n) is 11.6. The van der Waals surface area contributed by atoms with Crippen molar-refractivity contribution in [1.29, 1.82) is 0 Å². The number of halogens is 2. The summed E-state index contributed by atoms with van der Waals surface area (Å²) in [6, 6.07) is 25.5. The first kappa shape index (κ1) is 30.4. The molecule has 4 heteroatoms. The molecule has 0 bridgehead atoms. The van der Waals surface area contributed by atoms with Gasteiger partial charge in [0.15, 0.2) is 0 Å². The molecule has 0 aliphatic carbocycles. The van der Waals surface area contributed by atoms with E-state index in [1.165, 1.54) is 43.8 Å². The van der Waals surface area contributed by atoms with Gasteiger partial charge in [-0.05, 0) is 11.8 Å². The summed E-state index contributed by atoms with van der Waals surface area (Å²) in [5.74, 6) is 1.23. The Morgan fingerprint density at radius 3 is 1.36 bits per heavy atom. The van der Waals surface area contributed by atoms with E-state index in [2.05, 4.69) is 102 Å². The molecule has 1 saturated heterocycles. The van der Waals surface area contributed by atoms with E-state index >= 15 is 0 Å². The molecule has 0 amide bonds. The third-order valence-corrected chi connectivity index (χ3v) is 13.4. The zero-order valence-electron chi connectivity index (χ0n) is 20.8. The van der Waals surface area contributed by atoms with Crippen molar-refractivity contribution in [3.8, 4) is 0 Å². The fourth-order valence-electron chi connectivity index (χ4n) is 4.18. The van der Waals surface area contributed by atoms with E-state index < -0.39 is 0 Å². The normalized spacial score (nSPS) is 12.4. The number of hydrogen-bond donors (Lipinski definition) is 0. The van der Waals surface area contributed by atoms with Gasteiger partial charge in [0, 0.05) is 0 Å². The standard InChI is InChI=1S/2C13H15.C3H6Si.2ClH.Hf/c2*1-9(2)12-6-4-5-11-7-10(3)8-13(11)12;1-2-4-3-1;;;/h2*4-9H,1-3H3;1-3H2;2*1H;/q2*-1;;;;+2/p-2. The van der Waals surface area contributed by atoms with Crippen LogP contribution in [0.1, 0.15) is 68.2 Å². The van der Waals surface area contributed by atoms with Crippen molar-refractivity contribution in [3.63, 3.8) is 0 Å². The first-order valence-corrected chi connectivity index (χ1v) is 18.9. The molecule has 1 aliphatic heterocycles. The van der Waals surface area contributed by atoms with Gasteiger partial charge in [-0.25, -0.2) is 0 Å². The maximum absolute atomic E-state index is 2.28. The van der Waals surface area contributed by atoms with Crippen molar-refractivity contribution in [3.05, 3.63) is 82.9 Å². The van der Waals surface area contributed by atoms with Gasteiger partial charge < -0.3 is 24.8 Å². The Morgan fingerprint density at radius 2 is 1.09 bits per heavy atom. The van der Waals surface area contributed by atoms with E-state index in [-0.39, 0.29) is 24.8 Å². The third-order valence-electron chi connectivity index (χ3n) is 6.06. The van der Waals surface area contributed by atoms with Gasteiger partial charge >= 0.3 is 47.0 Å². The first-order chi connectivity index (χ1) is 14.8. The van der Waals surface area contributed by atoms with E-state index in [1.807, 2.05) is 0 Å². The van der Waals surface area contributed by atoms with Gasteiger partial charge in [0.05, 0.1) is 0 Å². The van der Waals surface area contributed by atoms with Crippen LogP contribution >= 0.6 is 0 Å². The molecule has 0 aromatic heterocycles. The molecule has 0 N–H and O–H groups in total. The molecule has 1 aliphatic rings. The Morgan fingerprint density at radius 1 is 0.727 bits per heavy atom. The monoisotopic (exact) mass is 662 g/mol. The Kier molecular flexibility index (Phi) is 12.9. The Bertz CT molecular complexity index is 1080. The fraction of sp³-hybridized carbons (Fsp3) is 0.379. The van der Waals surface area contributed by atoms with E-state index in [1.54, 1.807) is 41.5 Å². The average Bonchev–Trinajstić information content (AvgIpc) is 3.26. The molecule has 0 nitrogen and oxygen atoms in total. The molecule has 0 atom stereocenters. The quantitative estimate of drug-likeness (QED) is 0.229. The van der Waals surface area contributed by atoms with Gasteiger partial charge in [-0.3, -0.25) is 0 Å². The predicted molar refractivity (Wildman–Crippen MR) is 137 cm³/mol. The summed E-state index contributed by atoms with van der Waals surface area (Å²) in [6.07, 6.45) is 1.57. The SMILES string of the molecule is Cc1cc2c(C(C)C)cccc2[cH-]1.Cc1cc2c(C(C)C)cccc2[cH-]1.[Cl-].[Cl-].[Hf+2]=[Si]1CCC1. The summed E-state index contributed by atoms with van der Waals surface area (Å²) in [6.45, 7) is 13.3. The van der Waals surface area contributed by atoms with E-state index in [0.717, 1.165) is 0 Å². The summed E-state index contributed by atoms with van der Waals surface area (Å²) in [5, 5.41) is 5.61. The molecular weight excluding hydrogens is 626 g/mol. The summed E-state index contributed by atoms with van der Waals surface area (Å²) in [7, 11) is 0. The molecule has 0 unspecified atom stereocenters. The average molecular weight is 662 g/mol. The molecule has 1 heterocycles. The second kappa shape index (κ2) is 14.0. The topological polar surface area (TPSA) is 0 Å². The Labute approximate surface area is 228 Å². The molecule has 5 rings (SSSR count). The molecule has 4 aromatic rings. The number of aryl methyl sites for hydroxylation is 2. The van der Waals surface area contributed by atoms with Gasteiger partial charge in [-0.15, -0.1) is 69.1 Å². The minimum atomic E-state index is 0. The van der Waals surface area contributed by atoms with Crippen LogP contribution in [0.2, 0.25) is 12.1 Å². The number of hydrogen-bond acceptors (Lipinski definition) is 0. The Hall–Kier alpha value is -0.673. The number of fused-ring (bicyclic) bond motifs is 2. The minimum absolute atomic E-state index is 0. The molecular formula is C29H36Cl2HfSi-2. The molecule has 4 aromatic carbocycles. The van der Waals surface area contributed by atoms with Crippen LogP contribution in [0.25, 0.3) is 21.5 Å². The van der Waals surface area contributed by atoms with E-state index in [0.29, 0.717) is 17.3 Å². The van der Waals surface area contributed by atoms with Crippen LogP contribution in [0, 0.1) is 13.8 Å². The Balaban J connectivity index is 0.000000260. The van der Waals surface area contributed by atoms with Gasteiger partial charge in [-0.1, -0.05) is 64.8 Å². The van der Waals surface area contributed by atoms with Crippen molar-refractivity contribution < 1.29 is 47.8 Å². The second-order valence-electron chi connectivity index (χ2n) is 9.53. The van der Waals surface area contributed by atoms with Crippen LogP contribution in [0.3, 0.4) is 0 Å². The summed E-state index contributed by atoms with van der Waals surface area (Å²) >= 11 is 1.56. The zero-order valence-corrected chi connectivity index (χ0v) is 26.9. The van der Waals surface area contributed by atoms with Crippen molar-refractivity contribution in [2.24, 2.45) is 0 Å². The van der Waals surface area contributed by atoms with E-state index in [4.69, 9.17) is 0 Å². The maximum atomic E-state index is 2.28. The van der Waals surface area contributed by atoms with Crippen LogP contribution in [0.5, 0.6) is 0 Å². The second-order valence-corrected chi connectivity index (χ2v) is 19.4. The molecule has 0 spiro atoms. The van der Waals surface area contributed by atoms with Gasteiger partial charge in [0.2, 0.25) is 0 Å². The summed E-state index contributed by atoms with van der Waals surface area (Å²) in [5.41, 5.74) is 6.10. The van der Waals surface area contributed by atoms with Crippen LogP contribution in [-0.4, -0.2) is 5.49 Å². The molecule has 176 valence electrons. The van der Waals surface area contributed by atoms with Crippen molar-refractivity contribution in [2.45, 2.75) is 71.9 Å². The molecule has 0 radical (unpaired) electrons. The van der Waals surface area contributed by atoms with Crippen molar-refractivity contribution >= 4 is 27.0 Å². The predicted octanol–water partition coefficient (Wildman–Crippen LogP) is 2.92. The van der Waals surface area contributed by atoms with Crippen molar-refractivity contribution in [2.75, 3.05) is 0 Å². The molecule has 1 fully saturated rings. The van der Waals surface area contributed by atoms with Crippen LogP contribution in [0.15, 0.2) is 60.7 Å².